The van der Waals surface area contributed by atoms with Crippen LogP contribution in [0.15, 0.2) is 66.0 Å². The van der Waals surface area contributed by atoms with Crippen LogP contribution in [0.3, 0.4) is 0 Å². The van der Waals surface area contributed by atoms with Gasteiger partial charge in [-0.15, -0.1) is 0 Å². The number of anilines is 1. The van der Waals surface area contributed by atoms with Gasteiger partial charge in [-0.25, -0.2) is 15.0 Å². The molecule has 1 atom stereocenters. The second kappa shape index (κ2) is 11.5. The predicted octanol–water partition coefficient (Wildman–Crippen LogP) is 4.50. The summed E-state index contributed by atoms with van der Waals surface area (Å²) in [6.07, 6.45) is 3.91. The van der Waals surface area contributed by atoms with Gasteiger partial charge in [0.25, 0.3) is 5.91 Å². The van der Waals surface area contributed by atoms with E-state index in [9.17, 15) is 18.4 Å². The molecular weight excluding hydrogens is 484 g/mol. The van der Waals surface area contributed by atoms with Crippen molar-refractivity contribution < 1.29 is 27.8 Å². The minimum atomic E-state index is -2.98. The predicted molar refractivity (Wildman–Crippen MR) is 132 cm³/mol. The van der Waals surface area contributed by atoms with Crippen molar-refractivity contribution in [3.63, 3.8) is 0 Å². The average molecular weight is 510 g/mol. The summed E-state index contributed by atoms with van der Waals surface area (Å²) in [6, 6.07) is 13.3. The maximum absolute atomic E-state index is 12.8. The molecule has 0 spiro atoms. The van der Waals surface area contributed by atoms with E-state index in [2.05, 4.69) is 25.1 Å². The molecule has 3 aromatic rings. The Kier molecular flexibility index (Phi) is 8.02. The number of hydrazone groups is 1. The van der Waals surface area contributed by atoms with E-state index in [4.69, 9.17) is 4.74 Å². The number of alkyl halides is 2. The van der Waals surface area contributed by atoms with Gasteiger partial charge in [0, 0.05) is 36.0 Å². The van der Waals surface area contributed by atoms with Crippen molar-refractivity contribution >= 4 is 23.2 Å². The van der Waals surface area contributed by atoms with Crippen molar-refractivity contribution in [2.75, 3.05) is 12.4 Å². The minimum Gasteiger partial charge on any atom is -0.493 e. The van der Waals surface area contributed by atoms with Gasteiger partial charge in [-0.3, -0.25) is 9.59 Å². The molecule has 1 aliphatic rings. The van der Waals surface area contributed by atoms with Crippen molar-refractivity contribution in [2.45, 2.75) is 32.9 Å². The van der Waals surface area contributed by atoms with Gasteiger partial charge < -0.3 is 14.8 Å². The van der Waals surface area contributed by atoms with Crippen LogP contribution in [0.1, 0.15) is 41.5 Å². The molecule has 9 nitrogen and oxygen atoms in total. The lowest BCUT2D eigenvalue weighted by Gasteiger charge is -2.29. The van der Waals surface area contributed by atoms with Crippen molar-refractivity contribution in [3.8, 4) is 11.5 Å². The first-order chi connectivity index (χ1) is 17.9. The standard InChI is InChI=1S/C26H25F2N5O4/c1-3-17-14-22(34)33(32-23(17)18-7-10-20(37-26(27)28)21(13-18)36-2)15-16-5-8-19(9-6-16)31-25(35)24-29-11-4-12-30-24/h4-13,17,26H,3,14-15H2,1-2H3,(H,31,35). The summed E-state index contributed by atoms with van der Waals surface area (Å²) < 4.78 is 35.1. The second-order valence-electron chi connectivity index (χ2n) is 8.21. The smallest absolute Gasteiger partial charge is 0.387 e. The molecule has 11 heteroatoms. The first kappa shape index (κ1) is 25.7. The van der Waals surface area contributed by atoms with E-state index in [0.717, 1.165) is 5.56 Å². The fourth-order valence-corrected chi connectivity index (χ4v) is 3.92. The number of halogens is 2. The number of amides is 2. The van der Waals surface area contributed by atoms with Crippen molar-refractivity contribution in [1.82, 2.24) is 15.0 Å². The Morgan fingerprint density at radius 3 is 2.51 bits per heavy atom. The first-order valence-corrected chi connectivity index (χ1v) is 11.6. The molecule has 2 heterocycles. The molecule has 1 aliphatic heterocycles. The van der Waals surface area contributed by atoms with Crippen molar-refractivity contribution in [3.05, 3.63) is 77.9 Å². The Morgan fingerprint density at radius 1 is 1.14 bits per heavy atom. The molecular formula is C26H25F2N5O4. The fourth-order valence-electron chi connectivity index (χ4n) is 3.92. The molecule has 0 aliphatic carbocycles. The quantitative estimate of drug-likeness (QED) is 0.455. The van der Waals surface area contributed by atoms with Crippen LogP contribution in [-0.2, 0) is 11.3 Å². The Hall–Kier alpha value is -4.41. The lowest BCUT2D eigenvalue weighted by molar-refractivity contribution is -0.133. The SMILES string of the molecule is CCC1CC(=O)N(Cc2ccc(NC(=O)c3ncccn3)cc2)N=C1c1ccc(OC(F)F)c(OC)c1. The molecule has 1 unspecified atom stereocenters. The third kappa shape index (κ3) is 6.24. The highest BCUT2D eigenvalue weighted by molar-refractivity contribution is 6.06. The van der Waals surface area contributed by atoms with Crippen LogP contribution in [0, 0.1) is 5.92 Å². The molecule has 2 aromatic carbocycles. The van der Waals surface area contributed by atoms with Crippen LogP contribution in [0.25, 0.3) is 0 Å². The van der Waals surface area contributed by atoms with Gasteiger partial charge in [0.15, 0.2) is 11.5 Å². The maximum Gasteiger partial charge on any atom is 0.387 e. The number of rotatable bonds is 9. The number of carbonyl (C=O) groups excluding carboxylic acids is 2. The van der Waals surface area contributed by atoms with Gasteiger partial charge in [-0.05, 0) is 48.4 Å². The number of aromatic nitrogens is 2. The summed E-state index contributed by atoms with van der Waals surface area (Å²) in [5.74, 6) is -0.558. The van der Waals surface area contributed by atoms with Crippen LogP contribution in [-0.4, -0.2) is 46.2 Å². The summed E-state index contributed by atoms with van der Waals surface area (Å²) in [5.41, 5.74) is 2.68. The molecule has 0 radical (unpaired) electrons. The number of nitrogens with zero attached hydrogens (tertiary/aromatic N) is 4. The van der Waals surface area contributed by atoms with E-state index in [1.807, 2.05) is 6.92 Å². The van der Waals surface area contributed by atoms with E-state index in [1.54, 1.807) is 42.5 Å². The maximum atomic E-state index is 12.8. The molecule has 0 saturated carbocycles. The van der Waals surface area contributed by atoms with Crippen molar-refractivity contribution in [2.24, 2.45) is 11.0 Å². The van der Waals surface area contributed by atoms with Crippen LogP contribution >= 0.6 is 0 Å². The van der Waals surface area contributed by atoms with Crippen molar-refractivity contribution in [1.29, 1.82) is 0 Å². The topological polar surface area (TPSA) is 106 Å². The molecule has 1 N–H and O–H groups in total. The fraction of sp³-hybridized carbons (Fsp3) is 0.269. The third-order valence-corrected chi connectivity index (χ3v) is 5.81. The molecule has 0 bridgehead atoms. The number of hydrogen-bond donors (Lipinski definition) is 1. The largest absolute Gasteiger partial charge is 0.493 e. The van der Waals surface area contributed by atoms with Gasteiger partial charge in [0.05, 0.1) is 19.4 Å². The second-order valence-corrected chi connectivity index (χ2v) is 8.21. The van der Waals surface area contributed by atoms with Crippen LogP contribution in [0.2, 0.25) is 0 Å². The van der Waals surface area contributed by atoms with E-state index < -0.39 is 12.5 Å². The molecule has 1 aromatic heterocycles. The highest BCUT2D eigenvalue weighted by Crippen LogP contribution is 2.33. The number of nitrogens with one attached hydrogen (secondary N) is 1. The molecule has 2 amide bonds. The van der Waals surface area contributed by atoms with E-state index >= 15 is 0 Å². The van der Waals surface area contributed by atoms with Gasteiger partial charge in [0.1, 0.15) is 0 Å². The molecule has 0 fully saturated rings. The minimum absolute atomic E-state index is 0.0586. The van der Waals surface area contributed by atoms with Gasteiger partial charge in [-0.2, -0.15) is 13.9 Å². The molecule has 0 saturated heterocycles. The van der Waals surface area contributed by atoms with Gasteiger partial charge in [-0.1, -0.05) is 19.1 Å². The summed E-state index contributed by atoms with van der Waals surface area (Å²) in [6.45, 7) is -0.796. The van der Waals surface area contributed by atoms with Gasteiger partial charge in [0.2, 0.25) is 11.7 Å². The molecule has 4 rings (SSSR count). The number of hydrogen-bond acceptors (Lipinski definition) is 7. The Morgan fingerprint density at radius 2 is 1.86 bits per heavy atom. The normalized spacial score (nSPS) is 15.4. The van der Waals surface area contributed by atoms with Crippen LogP contribution in [0.5, 0.6) is 11.5 Å². The zero-order chi connectivity index (χ0) is 26.4. The van der Waals surface area contributed by atoms with E-state index in [-0.39, 0.29) is 42.1 Å². The first-order valence-electron chi connectivity index (χ1n) is 11.6. The Labute approximate surface area is 212 Å². The number of methoxy groups -OCH3 is 1. The molecule has 192 valence electrons. The third-order valence-electron chi connectivity index (χ3n) is 5.81. The summed E-state index contributed by atoms with van der Waals surface area (Å²) in [4.78, 5) is 32.9. The number of ether oxygens (including phenoxy) is 2. The van der Waals surface area contributed by atoms with E-state index in [1.165, 1.54) is 30.6 Å². The highest BCUT2D eigenvalue weighted by Gasteiger charge is 2.30. The summed E-state index contributed by atoms with van der Waals surface area (Å²) >= 11 is 0. The lowest BCUT2D eigenvalue weighted by atomic mass is 9.89. The zero-order valence-corrected chi connectivity index (χ0v) is 20.2. The van der Waals surface area contributed by atoms with Gasteiger partial charge >= 0.3 is 6.61 Å². The number of carbonyl (C=O) groups is 2. The van der Waals surface area contributed by atoms with E-state index in [0.29, 0.717) is 23.4 Å². The zero-order valence-electron chi connectivity index (χ0n) is 20.2. The summed E-state index contributed by atoms with van der Waals surface area (Å²) in [7, 11) is 1.37. The summed E-state index contributed by atoms with van der Waals surface area (Å²) in [5, 5.41) is 8.74. The Bertz CT molecular complexity index is 1290. The van der Waals surface area contributed by atoms with Crippen LogP contribution in [0.4, 0.5) is 14.5 Å². The molecule has 37 heavy (non-hydrogen) atoms. The highest BCUT2D eigenvalue weighted by atomic mass is 19.3. The Balaban J connectivity index is 1.52. The van der Waals surface area contributed by atoms with Crippen LogP contribution < -0.4 is 14.8 Å². The monoisotopic (exact) mass is 509 g/mol. The average Bonchev–Trinajstić information content (AvgIpc) is 2.91. The number of benzene rings is 2. The lowest BCUT2D eigenvalue weighted by Crippen LogP contribution is -2.36.